The Morgan fingerprint density at radius 2 is 2.18 bits per heavy atom. The molecule has 4 heteroatoms. The van der Waals surface area contributed by atoms with E-state index in [1.807, 2.05) is 6.20 Å². The fourth-order valence-corrected chi connectivity index (χ4v) is 2.82. The summed E-state index contributed by atoms with van der Waals surface area (Å²) in [6.45, 7) is 3.74. The minimum atomic E-state index is 0.428. The Kier molecular flexibility index (Phi) is 2.99. The average molecular weight is 249 g/mol. The van der Waals surface area contributed by atoms with Crippen molar-refractivity contribution >= 4 is 11.3 Å². The summed E-state index contributed by atoms with van der Waals surface area (Å²) in [5, 5.41) is 2.11. The zero-order valence-electron chi connectivity index (χ0n) is 9.81. The SMILES string of the molecule is Cc1cc(-c2cnc(C3CCOCC3)o2)cs1. The molecule has 1 saturated heterocycles. The topological polar surface area (TPSA) is 35.3 Å². The van der Waals surface area contributed by atoms with Gasteiger partial charge in [0.2, 0.25) is 0 Å². The van der Waals surface area contributed by atoms with Crippen LogP contribution in [0.5, 0.6) is 0 Å². The van der Waals surface area contributed by atoms with Crippen molar-refractivity contribution in [2.75, 3.05) is 13.2 Å². The zero-order chi connectivity index (χ0) is 11.7. The van der Waals surface area contributed by atoms with E-state index in [4.69, 9.17) is 9.15 Å². The molecule has 3 rings (SSSR count). The molecule has 0 aromatic carbocycles. The molecule has 3 heterocycles. The van der Waals surface area contributed by atoms with Crippen molar-refractivity contribution in [2.24, 2.45) is 0 Å². The molecule has 0 aliphatic carbocycles. The molecule has 0 amide bonds. The number of ether oxygens (including phenoxy) is 1. The molecule has 17 heavy (non-hydrogen) atoms. The van der Waals surface area contributed by atoms with Crippen LogP contribution in [-0.4, -0.2) is 18.2 Å². The molecule has 1 fully saturated rings. The van der Waals surface area contributed by atoms with Gasteiger partial charge in [-0.25, -0.2) is 4.98 Å². The van der Waals surface area contributed by atoms with E-state index < -0.39 is 0 Å². The fraction of sp³-hybridized carbons (Fsp3) is 0.462. The van der Waals surface area contributed by atoms with Crippen LogP contribution in [0.3, 0.4) is 0 Å². The summed E-state index contributed by atoms with van der Waals surface area (Å²) in [5.41, 5.74) is 1.14. The van der Waals surface area contributed by atoms with Gasteiger partial charge in [-0.1, -0.05) is 0 Å². The van der Waals surface area contributed by atoms with Gasteiger partial charge in [-0.05, 0) is 25.8 Å². The predicted octanol–water partition coefficient (Wildman–Crippen LogP) is 3.61. The Morgan fingerprint density at radius 3 is 2.88 bits per heavy atom. The van der Waals surface area contributed by atoms with E-state index >= 15 is 0 Å². The van der Waals surface area contributed by atoms with Gasteiger partial charge >= 0.3 is 0 Å². The number of thiophene rings is 1. The maximum atomic E-state index is 5.86. The van der Waals surface area contributed by atoms with E-state index in [2.05, 4.69) is 23.4 Å². The Morgan fingerprint density at radius 1 is 1.35 bits per heavy atom. The van der Waals surface area contributed by atoms with E-state index in [9.17, 15) is 0 Å². The quantitative estimate of drug-likeness (QED) is 0.815. The van der Waals surface area contributed by atoms with Crippen molar-refractivity contribution in [1.82, 2.24) is 4.98 Å². The number of oxazole rings is 1. The lowest BCUT2D eigenvalue weighted by Crippen LogP contribution is -2.14. The van der Waals surface area contributed by atoms with Gasteiger partial charge in [0.1, 0.15) is 0 Å². The zero-order valence-corrected chi connectivity index (χ0v) is 10.6. The van der Waals surface area contributed by atoms with Crippen LogP contribution in [-0.2, 0) is 4.74 Å². The first-order valence-electron chi connectivity index (χ1n) is 5.92. The van der Waals surface area contributed by atoms with Crippen molar-refractivity contribution < 1.29 is 9.15 Å². The van der Waals surface area contributed by atoms with Gasteiger partial charge in [-0.3, -0.25) is 0 Å². The summed E-state index contributed by atoms with van der Waals surface area (Å²) >= 11 is 1.74. The summed E-state index contributed by atoms with van der Waals surface area (Å²) < 4.78 is 11.2. The molecule has 1 aliphatic rings. The number of nitrogens with zero attached hydrogens (tertiary/aromatic N) is 1. The van der Waals surface area contributed by atoms with Crippen LogP contribution in [0.4, 0.5) is 0 Å². The first kappa shape index (κ1) is 11.0. The highest BCUT2D eigenvalue weighted by atomic mass is 32.1. The van der Waals surface area contributed by atoms with Crippen LogP contribution in [0, 0.1) is 6.92 Å². The number of rotatable bonds is 2. The molecule has 1 aliphatic heterocycles. The van der Waals surface area contributed by atoms with E-state index in [0.717, 1.165) is 43.3 Å². The first-order valence-corrected chi connectivity index (χ1v) is 6.80. The van der Waals surface area contributed by atoms with E-state index in [0.29, 0.717) is 5.92 Å². The third-order valence-corrected chi connectivity index (χ3v) is 3.97. The minimum Gasteiger partial charge on any atom is -0.440 e. The molecule has 0 spiro atoms. The lowest BCUT2D eigenvalue weighted by atomic mass is 10.0. The molecule has 3 nitrogen and oxygen atoms in total. The van der Waals surface area contributed by atoms with Crippen LogP contribution >= 0.6 is 11.3 Å². The highest BCUT2D eigenvalue weighted by molar-refractivity contribution is 7.10. The van der Waals surface area contributed by atoms with Gasteiger partial charge in [0, 0.05) is 35.0 Å². The fourth-order valence-electron chi connectivity index (χ4n) is 2.13. The second-order valence-corrected chi connectivity index (χ2v) is 5.51. The third-order valence-electron chi connectivity index (χ3n) is 3.11. The Balaban J connectivity index is 1.82. The van der Waals surface area contributed by atoms with Gasteiger partial charge < -0.3 is 9.15 Å². The molecule has 0 saturated carbocycles. The molecule has 2 aromatic heterocycles. The maximum absolute atomic E-state index is 5.86. The molecule has 0 N–H and O–H groups in total. The van der Waals surface area contributed by atoms with Crippen molar-refractivity contribution in [3.8, 4) is 11.3 Å². The second-order valence-electron chi connectivity index (χ2n) is 4.40. The summed E-state index contributed by atoms with van der Waals surface area (Å²) in [5.74, 6) is 2.18. The molecule has 0 atom stereocenters. The number of aromatic nitrogens is 1. The number of hydrogen-bond acceptors (Lipinski definition) is 4. The van der Waals surface area contributed by atoms with Gasteiger partial charge in [0.15, 0.2) is 11.7 Å². The van der Waals surface area contributed by atoms with Gasteiger partial charge in [0.25, 0.3) is 0 Å². The first-order chi connectivity index (χ1) is 8.33. The largest absolute Gasteiger partial charge is 0.440 e. The standard InChI is InChI=1S/C13H15NO2S/c1-9-6-11(8-17-9)12-7-14-13(16-12)10-2-4-15-5-3-10/h6-8,10H,2-5H2,1H3. The minimum absolute atomic E-state index is 0.428. The van der Waals surface area contributed by atoms with Crippen molar-refractivity contribution in [1.29, 1.82) is 0 Å². The van der Waals surface area contributed by atoms with Crippen molar-refractivity contribution in [3.05, 3.63) is 28.4 Å². The van der Waals surface area contributed by atoms with E-state index in [1.54, 1.807) is 11.3 Å². The lowest BCUT2D eigenvalue weighted by Gasteiger charge is -2.18. The van der Waals surface area contributed by atoms with Crippen molar-refractivity contribution in [3.63, 3.8) is 0 Å². The lowest BCUT2D eigenvalue weighted by molar-refractivity contribution is 0.0796. The molecular formula is C13H15NO2S. The molecular weight excluding hydrogens is 234 g/mol. The molecule has 2 aromatic rings. The molecule has 0 unspecified atom stereocenters. The number of hydrogen-bond donors (Lipinski definition) is 0. The van der Waals surface area contributed by atoms with Gasteiger partial charge in [0.05, 0.1) is 6.20 Å². The second kappa shape index (κ2) is 4.63. The predicted molar refractivity (Wildman–Crippen MR) is 67.3 cm³/mol. The normalized spacial score (nSPS) is 17.5. The monoisotopic (exact) mass is 249 g/mol. The summed E-state index contributed by atoms with van der Waals surface area (Å²) in [4.78, 5) is 5.70. The average Bonchev–Trinajstić information content (AvgIpc) is 2.98. The summed E-state index contributed by atoms with van der Waals surface area (Å²) in [7, 11) is 0. The summed E-state index contributed by atoms with van der Waals surface area (Å²) in [6, 6.07) is 2.14. The van der Waals surface area contributed by atoms with Gasteiger partial charge in [-0.2, -0.15) is 0 Å². The summed E-state index contributed by atoms with van der Waals surface area (Å²) in [6.07, 6.45) is 3.87. The highest BCUT2D eigenvalue weighted by Gasteiger charge is 2.21. The number of aryl methyl sites for hydroxylation is 1. The highest BCUT2D eigenvalue weighted by Crippen LogP contribution is 2.31. The van der Waals surface area contributed by atoms with Crippen molar-refractivity contribution in [2.45, 2.75) is 25.7 Å². The van der Waals surface area contributed by atoms with Crippen LogP contribution in [0.25, 0.3) is 11.3 Å². The Hall–Kier alpha value is -1.13. The maximum Gasteiger partial charge on any atom is 0.198 e. The van der Waals surface area contributed by atoms with Crippen LogP contribution in [0.2, 0.25) is 0 Å². The van der Waals surface area contributed by atoms with Crippen LogP contribution in [0.15, 0.2) is 22.1 Å². The molecule has 0 bridgehead atoms. The molecule has 90 valence electrons. The van der Waals surface area contributed by atoms with Crippen LogP contribution in [0.1, 0.15) is 29.5 Å². The molecule has 0 radical (unpaired) electrons. The smallest absolute Gasteiger partial charge is 0.198 e. The Labute approximate surface area is 104 Å². The third kappa shape index (κ3) is 2.28. The van der Waals surface area contributed by atoms with E-state index in [-0.39, 0.29) is 0 Å². The van der Waals surface area contributed by atoms with Crippen LogP contribution < -0.4 is 0 Å². The Bertz CT molecular complexity index is 497. The van der Waals surface area contributed by atoms with Gasteiger partial charge in [-0.15, -0.1) is 11.3 Å². The van der Waals surface area contributed by atoms with E-state index in [1.165, 1.54) is 4.88 Å².